The van der Waals surface area contributed by atoms with Crippen LogP contribution in [0.4, 0.5) is 4.39 Å². The van der Waals surface area contributed by atoms with Crippen LogP contribution in [0.5, 0.6) is 11.5 Å². The largest absolute Gasteiger partial charge is 0.493 e. The van der Waals surface area contributed by atoms with Crippen LogP contribution in [0.15, 0.2) is 72.8 Å². The summed E-state index contributed by atoms with van der Waals surface area (Å²) in [5.74, 6) is 0.237. The first-order valence-corrected chi connectivity index (χ1v) is 12.5. The first-order valence-electron chi connectivity index (χ1n) is 12.5. The zero-order valence-electron chi connectivity index (χ0n) is 21.7. The summed E-state index contributed by atoms with van der Waals surface area (Å²) in [6, 6.07) is 19.7. The molecule has 0 aliphatic heterocycles. The monoisotopic (exact) mass is 506 g/mol. The molecule has 1 atom stereocenters. The maximum atomic E-state index is 13.8. The van der Waals surface area contributed by atoms with Gasteiger partial charge >= 0.3 is 0 Å². The summed E-state index contributed by atoms with van der Waals surface area (Å²) in [6.45, 7) is 2.78. The minimum absolute atomic E-state index is 0.0496. The van der Waals surface area contributed by atoms with Gasteiger partial charge in [-0.2, -0.15) is 0 Å². The molecule has 37 heavy (non-hydrogen) atoms. The lowest BCUT2D eigenvalue weighted by Gasteiger charge is -2.32. The zero-order valence-corrected chi connectivity index (χ0v) is 21.7. The van der Waals surface area contributed by atoms with E-state index in [1.165, 1.54) is 12.1 Å². The van der Waals surface area contributed by atoms with E-state index in [2.05, 4.69) is 12.2 Å². The van der Waals surface area contributed by atoms with Crippen molar-refractivity contribution >= 4 is 11.8 Å². The number of hydrogen-bond donors (Lipinski definition) is 1. The van der Waals surface area contributed by atoms with Gasteiger partial charge in [0, 0.05) is 13.1 Å². The first-order chi connectivity index (χ1) is 18.0. The van der Waals surface area contributed by atoms with Gasteiger partial charge in [-0.1, -0.05) is 68.3 Å². The number of carbonyl (C=O) groups is 2. The van der Waals surface area contributed by atoms with Crippen molar-refractivity contribution < 1.29 is 23.5 Å². The summed E-state index contributed by atoms with van der Waals surface area (Å²) in [5.41, 5.74) is 2.15. The second-order valence-electron chi connectivity index (χ2n) is 8.83. The molecule has 0 heterocycles. The van der Waals surface area contributed by atoms with Crippen molar-refractivity contribution in [2.24, 2.45) is 0 Å². The third kappa shape index (κ3) is 7.81. The SMILES string of the molecule is CCCCCNC(=O)[C@H](c1ccccc1)N(Cc1ccc(F)cc1)C(=O)Cc1ccc(OC)c(OC)c1. The lowest BCUT2D eigenvalue weighted by Crippen LogP contribution is -2.44. The quantitative estimate of drug-likeness (QED) is 0.313. The van der Waals surface area contributed by atoms with E-state index in [1.807, 2.05) is 30.3 Å². The molecule has 0 aromatic heterocycles. The molecule has 3 aromatic carbocycles. The van der Waals surface area contributed by atoms with Crippen molar-refractivity contribution in [3.8, 4) is 11.5 Å². The predicted octanol–water partition coefficient (Wildman–Crippen LogP) is 5.46. The molecule has 0 unspecified atom stereocenters. The molecule has 2 amide bonds. The highest BCUT2D eigenvalue weighted by atomic mass is 19.1. The molecular weight excluding hydrogens is 471 g/mol. The van der Waals surface area contributed by atoms with E-state index in [0.717, 1.165) is 30.4 Å². The highest BCUT2D eigenvalue weighted by Gasteiger charge is 2.31. The van der Waals surface area contributed by atoms with Crippen LogP contribution in [-0.2, 0) is 22.6 Å². The van der Waals surface area contributed by atoms with Crippen molar-refractivity contribution in [3.05, 3.63) is 95.3 Å². The van der Waals surface area contributed by atoms with Gasteiger partial charge in [-0.3, -0.25) is 9.59 Å². The third-order valence-electron chi connectivity index (χ3n) is 6.14. The van der Waals surface area contributed by atoms with Crippen LogP contribution >= 0.6 is 0 Å². The van der Waals surface area contributed by atoms with E-state index >= 15 is 0 Å². The van der Waals surface area contributed by atoms with Crippen LogP contribution in [0.2, 0.25) is 0 Å². The van der Waals surface area contributed by atoms with E-state index in [9.17, 15) is 14.0 Å². The number of unbranched alkanes of at least 4 members (excludes halogenated alkanes) is 2. The molecule has 6 nitrogen and oxygen atoms in total. The third-order valence-corrected chi connectivity index (χ3v) is 6.14. The fraction of sp³-hybridized carbons (Fsp3) is 0.333. The summed E-state index contributed by atoms with van der Waals surface area (Å²) in [6.07, 6.45) is 2.96. The molecule has 7 heteroatoms. The Balaban J connectivity index is 1.96. The van der Waals surface area contributed by atoms with Crippen LogP contribution in [0.3, 0.4) is 0 Å². The Kier molecular flexibility index (Phi) is 10.5. The van der Waals surface area contributed by atoms with Crippen LogP contribution in [0, 0.1) is 5.82 Å². The Hall–Kier alpha value is -3.87. The smallest absolute Gasteiger partial charge is 0.247 e. The maximum absolute atomic E-state index is 13.8. The molecular formula is C30H35FN2O4. The minimum atomic E-state index is -0.847. The fourth-order valence-electron chi connectivity index (χ4n) is 4.17. The average molecular weight is 507 g/mol. The summed E-state index contributed by atoms with van der Waals surface area (Å²) in [7, 11) is 3.09. The lowest BCUT2D eigenvalue weighted by molar-refractivity contribution is -0.141. The van der Waals surface area contributed by atoms with Crippen LogP contribution in [0.1, 0.15) is 48.9 Å². The number of nitrogens with zero attached hydrogens (tertiary/aromatic N) is 1. The fourth-order valence-corrected chi connectivity index (χ4v) is 4.17. The number of methoxy groups -OCH3 is 2. The van der Waals surface area contributed by atoms with Crippen molar-refractivity contribution in [1.82, 2.24) is 10.2 Å². The van der Waals surface area contributed by atoms with Gasteiger partial charge in [0.15, 0.2) is 11.5 Å². The first kappa shape index (κ1) is 27.7. The number of rotatable bonds is 13. The van der Waals surface area contributed by atoms with E-state index in [0.29, 0.717) is 23.6 Å². The van der Waals surface area contributed by atoms with E-state index in [-0.39, 0.29) is 30.6 Å². The van der Waals surface area contributed by atoms with Crippen molar-refractivity contribution in [1.29, 1.82) is 0 Å². The van der Waals surface area contributed by atoms with Gasteiger partial charge in [-0.05, 0) is 47.4 Å². The summed E-state index contributed by atoms with van der Waals surface area (Å²) >= 11 is 0. The van der Waals surface area contributed by atoms with Crippen molar-refractivity contribution in [2.45, 2.75) is 45.2 Å². The summed E-state index contributed by atoms with van der Waals surface area (Å²) < 4.78 is 24.3. The van der Waals surface area contributed by atoms with Crippen LogP contribution in [0.25, 0.3) is 0 Å². The molecule has 3 aromatic rings. The number of nitrogens with one attached hydrogen (secondary N) is 1. The number of carbonyl (C=O) groups excluding carboxylic acids is 2. The average Bonchev–Trinajstić information content (AvgIpc) is 2.92. The molecule has 3 rings (SSSR count). The molecule has 0 aliphatic carbocycles. The van der Waals surface area contributed by atoms with E-state index in [4.69, 9.17) is 9.47 Å². The van der Waals surface area contributed by atoms with E-state index in [1.54, 1.807) is 49.5 Å². The Labute approximate surface area is 218 Å². The number of ether oxygens (including phenoxy) is 2. The number of hydrogen-bond acceptors (Lipinski definition) is 4. The van der Waals surface area contributed by atoms with Crippen LogP contribution in [-0.4, -0.2) is 37.5 Å². The number of halogens is 1. The molecule has 1 N–H and O–H groups in total. The molecule has 0 spiro atoms. The topological polar surface area (TPSA) is 67.9 Å². The lowest BCUT2D eigenvalue weighted by atomic mass is 10.0. The van der Waals surface area contributed by atoms with Gasteiger partial charge in [0.05, 0.1) is 20.6 Å². The number of amides is 2. The van der Waals surface area contributed by atoms with Gasteiger partial charge in [0.2, 0.25) is 11.8 Å². The summed E-state index contributed by atoms with van der Waals surface area (Å²) in [5, 5.41) is 3.01. The van der Waals surface area contributed by atoms with E-state index < -0.39 is 6.04 Å². The Morgan fingerprint density at radius 2 is 1.57 bits per heavy atom. The standard InChI is InChI=1S/C30H35FN2O4/c1-4-5-9-18-32-30(35)29(24-10-7-6-8-11-24)33(21-22-12-15-25(31)16-13-22)28(34)20-23-14-17-26(36-2)27(19-23)37-3/h6-8,10-17,19,29H,4-5,9,18,20-21H2,1-3H3,(H,32,35)/t29-/m0/s1. The Morgan fingerprint density at radius 1 is 0.892 bits per heavy atom. The van der Waals surface area contributed by atoms with Crippen molar-refractivity contribution in [2.75, 3.05) is 20.8 Å². The molecule has 0 fully saturated rings. The normalized spacial score (nSPS) is 11.5. The Bertz CT molecular complexity index is 1150. The second kappa shape index (κ2) is 14.0. The highest BCUT2D eigenvalue weighted by Crippen LogP contribution is 2.29. The highest BCUT2D eigenvalue weighted by molar-refractivity contribution is 5.89. The van der Waals surface area contributed by atoms with Gasteiger partial charge in [0.1, 0.15) is 11.9 Å². The molecule has 196 valence electrons. The van der Waals surface area contributed by atoms with Gasteiger partial charge < -0.3 is 19.7 Å². The van der Waals surface area contributed by atoms with Gasteiger partial charge in [-0.25, -0.2) is 4.39 Å². The van der Waals surface area contributed by atoms with Crippen LogP contribution < -0.4 is 14.8 Å². The molecule has 0 bridgehead atoms. The predicted molar refractivity (Wildman–Crippen MR) is 142 cm³/mol. The second-order valence-corrected chi connectivity index (χ2v) is 8.83. The van der Waals surface area contributed by atoms with Gasteiger partial charge in [0.25, 0.3) is 0 Å². The maximum Gasteiger partial charge on any atom is 0.247 e. The van der Waals surface area contributed by atoms with Gasteiger partial charge in [-0.15, -0.1) is 0 Å². The molecule has 0 saturated carbocycles. The zero-order chi connectivity index (χ0) is 26.6. The molecule has 0 aliphatic rings. The summed E-state index contributed by atoms with van der Waals surface area (Å²) in [4.78, 5) is 28.9. The minimum Gasteiger partial charge on any atom is -0.493 e. The number of benzene rings is 3. The Morgan fingerprint density at radius 3 is 2.22 bits per heavy atom. The van der Waals surface area contributed by atoms with Crippen molar-refractivity contribution in [3.63, 3.8) is 0 Å². The molecule has 0 radical (unpaired) electrons. The molecule has 0 saturated heterocycles.